The normalized spacial score (nSPS) is 12.1. The molecule has 0 spiro atoms. The summed E-state index contributed by atoms with van der Waals surface area (Å²) in [5.74, 6) is 0. The van der Waals surface area contributed by atoms with Crippen molar-refractivity contribution in [2.24, 2.45) is 5.14 Å². The number of alkyl halides is 2. The maximum absolute atomic E-state index is 12.5. The molecule has 1 aromatic heterocycles. The van der Waals surface area contributed by atoms with Gasteiger partial charge in [0.1, 0.15) is 0 Å². The molecule has 15 heavy (non-hydrogen) atoms. The molecule has 2 N–H and O–H groups in total. The Morgan fingerprint density at radius 2 is 2.07 bits per heavy atom. The molecule has 84 valence electrons. The fourth-order valence-electron chi connectivity index (χ4n) is 1.02. The first-order valence-corrected chi connectivity index (χ1v) is 6.34. The van der Waals surface area contributed by atoms with Crippen molar-refractivity contribution >= 4 is 32.6 Å². The monoisotopic (exact) mass is 348 g/mol. The quantitative estimate of drug-likeness (QED) is 0.825. The number of aryl methyl sites for hydroxylation is 1. The molecule has 0 aliphatic carbocycles. The highest BCUT2D eigenvalue weighted by molar-refractivity contribution is 14.1. The first-order chi connectivity index (χ1) is 6.73. The van der Waals surface area contributed by atoms with Gasteiger partial charge in [-0.3, -0.25) is 0 Å². The van der Waals surface area contributed by atoms with Crippen LogP contribution in [-0.4, -0.2) is 13.4 Å². The Balaban J connectivity index is 3.45. The third kappa shape index (κ3) is 2.82. The number of sulfonamides is 1. The van der Waals surface area contributed by atoms with Gasteiger partial charge in [0.05, 0.1) is 5.56 Å². The highest BCUT2D eigenvalue weighted by atomic mass is 127. The lowest BCUT2D eigenvalue weighted by Crippen LogP contribution is -2.15. The van der Waals surface area contributed by atoms with Crippen LogP contribution in [0.25, 0.3) is 0 Å². The molecule has 0 aliphatic rings. The van der Waals surface area contributed by atoms with Crippen LogP contribution in [0.2, 0.25) is 0 Å². The Labute approximate surface area is 99.1 Å². The van der Waals surface area contributed by atoms with Gasteiger partial charge in [0.25, 0.3) is 16.4 Å². The first kappa shape index (κ1) is 12.7. The number of rotatable bonds is 2. The van der Waals surface area contributed by atoms with E-state index in [9.17, 15) is 17.2 Å². The van der Waals surface area contributed by atoms with Gasteiger partial charge in [-0.2, -0.15) is 0 Å². The molecular formula is C7H7F2IN2O2S. The van der Waals surface area contributed by atoms with Crippen molar-refractivity contribution in [3.8, 4) is 0 Å². The summed E-state index contributed by atoms with van der Waals surface area (Å²) in [5, 5.41) is 4.44. The minimum atomic E-state index is -3.95. The number of aromatic nitrogens is 1. The Kier molecular flexibility index (Phi) is 3.61. The Morgan fingerprint density at radius 1 is 1.53 bits per heavy atom. The van der Waals surface area contributed by atoms with Crippen LogP contribution in [0.15, 0.2) is 11.1 Å². The van der Waals surface area contributed by atoms with E-state index in [-0.39, 0.29) is 14.8 Å². The van der Waals surface area contributed by atoms with E-state index in [1.165, 1.54) is 6.92 Å². The second-order valence-corrected chi connectivity index (χ2v) is 5.46. The van der Waals surface area contributed by atoms with Crippen LogP contribution in [0.1, 0.15) is 17.7 Å². The number of pyridine rings is 1. The minimum Gasteiger partial charge on any atom is -0.240 e. The number of halogens is 3. The summed E-state index contributed by atoms with van der Waals surface area (Å²) >= 11 is 1.63. The first-order valence-electron chi connectivity index (χ1n) is 3.71. The summed E-state index contributed by atoms with van der Waals surface area (Å²) in [5.41, 5.74) is -0.288. The summed E-state index contributed by atoms with van der Waals surface area (Å²) in [6.07, 6.45) is -2.68. The summed E-state index contributed by atoms with van der Waals surface area (Å²) in [6.45, 7) is 1.32. The van der Waals surface area contributed by atoms with Gasteiger partial charge in [-0.1, -0.05) is 0 Å². The number of nitrogens with zero attached hydrogens (tertiary/aromatic N) is 1. The minimum absolute atomic E-state index is 0.0269. The highest BCUT2D eigenvalue weighted by Crippen LogP contribution is 2.27. The van der Waals surface area contributed by atoms with Crippen molar-refractivity contribution in [1.29, 1.82) is 0 Å². The zero-order chi connectivity index (χ0) is 11.8. The van der Waals surface area contributed by atoms with Crippen molar-refractivity contribution in [1.82, 2.24) is 4.98 Å². The van der Waals surface area contributed by atoms with Crippen molar-refractivity contribution in [3.05, 3.63) is 20.9 Å². The average molecular weight is 348 g/mol. The maximum atomic E-state index is 12.5. The number of nitrogens with two attached hydrogens (primary N) is 1. The lowest BCUT2D eigenvalue weighted by atomic mass is 10.2. The summed E-state index contributed by atoms with van der Waals surface area (Å²) < 4.78 is 47.0. The predicted molar refractivity (Wildman–Crippen MR) is 58.0 cm³/mol. The van der Waals surface area contributed by atoms with E-state index in [1.54, 1.807) is 22.6 Å². The largest absolute Gasteiger partial charge is 0.266 e. The molecule has 0 aromatic carbocycles. The molecular weight excluding hydrogens is 341 g/mol. The molecule has 4 nitrogen and oxygen atoms in total. The van der Waals surface area contributed by atoms with Gasteiger partial charge in [0.2, 0.25) is 0 Å². The van der Waals surface area contributed by atoms with Crippen LogP contribution in [0.5, 0.6) is 0 Å². The SMILES string of the molecule is Cc1nc(S(N)(=O)=O)cc(I)c1C(F)F. The molecule has 0 amide bonds. The third-order valence-electron chi connectivity index (χ3n) is 1.68. The molecule has 0 bridgehead atoms. The topological polar surface area (TPSA) is 73.0 Å². The van der Waals surface area contributed by atoms with Crippen LogP contribution in [-0.2, 0) is 10.0 Å². The van der Waals surface area contributed by atoms with E-state index >= 15 is 0 Å². The average Bonchev–Trinajstić information content (AvgIpc) is 1.99. The molecule has 1 aromatic rings. The fourth-order valence-corrected chi connectivity index (χ4v) is 2.70. The second kappa shape index (κ2) is 4.26. The van der Waals surface area contributed by atoms with E-state index < -0.39 is 21.5 Å². The highest BCUT2D eigenvalue weighted by Gasteiger charge is 2.20. The molecule has 0 unspecified atom stereocenters. The van der Waals surface area contributed by atoms with E-state index in [0.29, 0.717) is 0 Å². The van der Waals surface area contributed by atoms with Crippen LogP contribution in [0.3, 0.4) is 0 Å². The van der Waals surface area contributed by atoms with Gasteiger partial charge < -0.3 is 0 Å². The molecule has 0 fully saturated rings. The van der Waals surface area contributed by atoms with Crippen molar-refractivity contribution < 1.29 is 17.2 Å². The second-order valence-electron chi connectivity index (χ2n) is 2.79. The van der Waals surface area contributed by atoms with Gasteiger partial charge >= 0.3 is 0 Å². The number of hydrogen-bond donors (Lipinski definition) is 1. The summed E-state index contributed by atoms with van der Waals surface area (Å²) in [6, 6.07) is 1.03. The maximum Gasteiger partial charge on any atom is 0.266 e. The van der Waals surface area contributed by atoms with E-state index in [4.69, 9.17) is 5.14 Å². The van der Waals surface area contributed by atoms with Crippen molar-refractivity contribution in [3.63, 3.8) is 0 Å². The zero-order valence-electron chi connectivity index (χ0n) is 7.54. The molecule has 0 aliphatic heterocycles. The third-order valence-corrected chi connectivity index (χ3v) is 3.37. The Hall–Kier alpha value is -0.350. The Bertz CT molecular complexity index is 467. The smallest absolute Gasteiger partial charge is 0.240 e. The van der Waals surface area contributed by atoms with E-state index in [2.05, 4.69) is 4.98 Å². The molecule has 1 heterocycles. The van der Waals surface area contributed by atoms with Gasteiger partial charge in [-0.15, -0.1) is 0 Å². The molecule has 0 atom stereocenters. The lowest BCUT2D eigenvalue weighted by Gasteiger charge is -2.08. The van der Waals surface area contributed by atoms with Crippen LogP contribution in [0.4, 0.5) is 8.78 Å². The van der Waals surface area contributed by atoms with E-state index in [1.807, 2.05) is 0 Å². The van der Waals surface area contributed by atoms with Gasteiger partial charge in [-0.05, 0) is 35.6 Å². The lowest BCUT2D eigenvalue weighted by molar-refractivity contribution is 0.149. The Morgan fingerprint density at radius 3 is 2.40 bits per heavy atom. The number of primary sulfonamides is 1. The van der Waals surface area contributed by atoms with Crippen LogP contribution in [0, 0.1) is 10.5 Å². The predicted octanol–water partition coefficient (Wildman–Crippen LogP) is 1.58. The summed E-state index contributed by atoms with van der Waals surface area (Å²) in [7, 11) is -3.95. The van der Waals surface area contributed by atoms with Crippen LogP contribution >= 0.6 is 22.6 Å². The van der Waals surface area contributed by atoms with Gasteiger partial charge in [-0.25, -0.2) is 27.3 Å². The summed E-state index contributed by atoms with van der Waals surface area (Å²) in [4.78, 5) is 3.53. The van der Waals surface area contributed by atoms with Crippen molar-refractivity contribution in [2.45, 2.75) is 18.4 Å². The van der Waals surface area contributed by atoms with Crippen LogP contribution < -0.4 is 5.14 Å². The standard InChI is InChI=1S/C7H7F2IN2O2S/c1-3-6(7(8)9)4(10)2-5(12-3)15(11,13)14/h2,7H,1H3,(H2,11,13,14). The molecule has 0 radical (unpaired) electrons. The van der Waals surface area contributed by atoms with Gasteiger partial charge in [0, 0.05) is 9.26 Å². The molecule has 0 saturated carbocycles. The zero-order valence-corrected chi connectivity index (χ0v) is 10.5. The molecule has 0 saturated heterocycles. The number of hydrogen-bond acceptors (Lipinski definition) is 3. The fraction of sp³-hybridized carbons (Fsp3) is 0.286. The van der Waals surface area contributed by atoms with E-state index in [0.717, 1.165) is 6.07 Å². The molecule has 8 heteroatoms. The van der Waals surface area contributed by atoms with Crippen molar-refractivity contribution in [2.75, 3.05) is 0 Å². The molecule has 1 rings (SSSR count). The van der Waals surface area contributed by atoms with Gasteiger partial charge in [0.15, 0.2) is 5.03 Å².